The van der Waals surface area contributed by atoms with Crippen LogP contribution in [0.2, 0.25) is 0 Å². The molecule has 0 amide bonds. The summed E-state index contributed by atoms with van der Waals surface area (Å²) in [6.45, 7) is 28.8. The molecule has 12 heteroatoms. The van der Waals surface area contributed by atoms with Crippen LogP contribution < -0.4 is 21.3 Å². The molecule has 0 saturated carbocycles. The van der Waals surface area contributed by atoms with Gasteiger partial charge in [-0.15, -0.1) is 0 Å². The summed E-state index contributed by atoms with van der Waals surface area (Å²) in [4.78, 5) is 22.1. The van der Waals surface area contributed by atoms with Gasteiger partial charge >= 0.3 is 0 Å². The third-order valence-electron chi connectivity index (χ3n) is 5.19. The molecule has 0 bridgehead atoms. The zero-order valence-corrected chi connectivity index (χ0v) is 28.3. The molecule has 4 N–H and O–H groups in total. The summed E-state index contributed by atoms with van der Waals surface area (Å²) < 4.78 is 23.3. The number of hydrogen-bond donors (Lipinski definition) is 4. The molecule has 0 aliphatic carbocycles. The van der Waals surface area contributed by atoms with Crippen LogP contribution in [0.25, 0.3) is 0 Å². The minimum Gasteiger partial charge on any atom is -0.378 e. The quantitative estimate of drug-likeness (QED) is 0.0566. The maximum Gasteiger partial charge on any atom is 0.133 e. The van der Waals surface area contributed by atoms with E-state index in [1.165, 1.54) is 0 Å². The second kappa shape index (κ2) is 20.5. The maximum atomic E-state index is 6.01. The summed E-state index contributed by atoms with van der Waals surface area (Å²) in [5, 5.41) is 13.0. The van der Waals surface area contributed by atoms with Crippen molar-refractivity contribution >= 4 is 0 Å². The number of rotatable bonds is 24. The van der Waals surface area contributed by atoms with Gasteiger partial charge in [-0.25, -0.2) is 19.6 Å². The molecule has 41 heavy (non-hydrogen) atoms. The highest BCUT2D eigenvalue weighted by Gasteiger charge is 2.34. The number of hydrogen-bond acceptors (Lipinski definition) is 12. The van der Waals surface area contributed by atoms with Crippen LogP contribution in [0.1, 0.15) is 83.1 Å². The van der Waals surface area contributed by atoms with Gasteiger partial charge in [0.25, 0.3) is 0 Å². The standard InChI is InChI=1S/C29H64N4O8/c1-25(2,3)30-21-36-15-13-34-17-29(19-38-40-23-32-27(7,8)9,20-39-41-24-33-28(10,11)12)18-35-14-16-37-22-31-26(4,5)6/h30-33H,13-24H2,1-12H3. The van der Waals surface area contributed by atoms with E-state index < -0.39 is 5.41 Å². The average molecular weight is 597 g/mol. The lowest BCUT2D eigenvalue weighted by molar-refractivity contribution is -0.353. The second-order valence-corrected chi connectivity index (χ2v) is 14.5. The van der Waals surface area contributed by atoms with Gasteiger partial charge in [-0.05, 0) is 83.1 Å². The Hall–Kier alpha value is -0.480. The Morgan fingerprint density at radius 3 is 0.951 bits per heavy atom. The van der Waals surface area contributed by atoms with Crippen molar-refractivity contribution in [1.29, 1.82) is 0 Å². The van der Waals surface area contributed by atoms with E-state index in [4.69, 9.17) is 38.5 Å². The van der Waals surface area contributed by atoms with Gasteiger partial charge in [0, 0.05) is 22.2 Å². The minimum atomic E-state index is -0.712. The van der Waals surface area contributed by atoms with Crippen molar-refractivity contribution in [2.45, 2.75) is 105 Å². The zero-order valence-electron chi connectivity index (χ0n) is 28.3. The van der Waals surface area contributed by atoms with E-state index >= 15 is 0 Å². The van der Waals surface area contributed by atoms with Crippen LogP contribution in [0.3, 0.4) is 0 Å². The third kappa shape index (κ3) is 29.4. The van der Waals surface area contributed by atoms with Crippen molar-refractivity contribution < 1.29 is 38.5 Å². The fourth-order valence-corrected chi connectivity index (χ4v) is 2.65. The molecule has 0 rings (SSSR count). The molecule has 0 radical (unpaired) electrons. The summed E-state index contributed by atoms with van der Waals surface area (Å²) in [7, 11) is 0. The van der Waals surface area contributed by atoms with Crippen molar-refractivity contribution in [3.63, 3.8) is 0 Å². The van der Waals surface area contributed by atoms with E-state index in [1.54, 1.807) is 0 Å². The van der Waals surface area contributed by atoms with E-state index in [-0.39, 0.29) is 62.0 Å². The lowest BCUT2D eigenvalue weighted by Crippen LogP contribution is -2.44. The summed E-state index contributed by atoms with van der Waals surface area (Å²) in [5.74, 6) is 0. The van der Waals surface area contributed by atoms with Crippen LogP contribution in [0.5, 0.6) is 0 Å². The monoisotopic (exact) mass is 596 g/mol. The fourth-order valence-electron chi connectivity index (χ4n) is 2.65. The van der Waals surface area contributed by atoms with Gasteiger partial charge in [0.2, 0.25) is 0 Å². The first-order valence-corrected chi connectivity index (χ1v) is 14.6. The molecule has 0 heterocycles. The Morgan fingerprint density at radius 2 is 0.634 bits per heavy atom. The third-order valence-corrected chi connectivity index (χ3v) is 5.19. The molecule has 0 aromatic rings. The molecule has 0 atom stereocenters. The highest BCUT2D eigenvalue weighted by molar-refractivity contribution is 4.79. The molecule has 12 nitrogen and oxygen atoms in total. The zero-order chi connectivity index (χ0) is 31.5. The molecule has 0 aromatic heterocycles. The van der Waals surface area contributed by atoms with E-state index in [9.17, 15) is 0 Å². The van der Waals surface area contributed by atoms with Gasteiger partial charge in [-0.3, -0.25) is 21.3 Å². The molecule has 0 fully saturated rings. The van der Waals surface area contributed by atoms with Crippen molar-refractivity contribution in [2.24, 2.45) is 5.41 Å². The normalized spacial score (nSPS) is 13.8. The predicted molar refractivity (Wildman–Crippen MR) is 161 cm³/mol. The Labute approximate surface area is 250 Å². The Bertz CT molecular complexity index is 574. The van der Waals surface area contributed by atoms with Gasteiger partial charge in [-0.2, -0.15) is 0 Å². The number of nitrogens with one attached hydrogen (secondary N) is 4. The second-order valence-electron chi connectivity index (χ2n) is 14.5. The largest absolute Gasteiger partial charge is 0.378 e. The molecule has 248 valence electrons. The minimum absolute atomic E-state index is 0.0156. The van der Waals surface area contributed by atoms with Crippen LogP contribution >= 0.6 is 0 Å². The highest BCUT2D eigenvalue weighted by Crippen LogP contribution is 2.21. The SMILES string of the molecule is CC(C)(C)NCOCCOCC(COCCOCNC(C)(C)C)(COOCNC(C)(C)C)COOCNC(C)(C)C. The van der Waals surface area contributed by atoms with Crippen molar-refractivity contribution in [3.8, 4) is 0 Å². The maximum absolute atomic E-state index is 6.01. The Balaban J connectivity index is 5.06. The van der Waals surface area contributed by atoms with E-state index in [0.29, 0.717) is 39.9 Å². The van der Waals surface area contributed by atoms with Crippen LogP contribution in [-0.4, -0.2) is 102 Å². The molecule has 0 aliphatic heterocycles. The molecule has 0 spiro atoms. The molecule has 0 aromatic carbocycles. The van der Waals surface area contributed by atoms with Crippen molar-refractivity contribution in [1.82, 2.24) is 21.3 Å². The van der Waals surface area contributed by atoms with Crippen LogP contribution in [0.15, 0.2) is 0 Å². The van der Waals surface area contributed by atoms with Gasteiger partial charge in [0.1, 0.15) is 13.5 Å². The molecule has 0 saturated heterocycles. The lowest BCUT2D eigenvalue weighted by atomic mass is 9.92. The van der Waals surface area contributed by atoms with E-state index in [1.807, 2.05) is 0 Å². The average Bonchev–Trinajstić information content (AvgIpc) is 2.79. The molecule has 0 aliphatic rings. The van der Waals surface area contributed by atoms with Gasteiger partial charge < -0.3 is 18.9 Å². The first-order valence-electron chi connectivity index (χ1n) is 14.6. The summed E-state index contributed by atoms with van der Waals surface area (Å²) >= 11 is 0. The van der Waals surface area contributed by atoms with Crippen molar-refractivity contribution in [3.05, 3.63) is 0 Å². The van der Waals surface area contributed by atoms with Gasteiger partial charge in [0.15, 0.2) is 0 Å². The summed E-state index contributed by atoms with van der Waals surface area (Å²) in [6.07, 6.45) is 0. The van der Waals surface area contributed by atoms with E-state index in [2.05, 4.69) is 104 Å². The first-order chi connectivity index (χ1) is 18.8. The van der Waals surface area contributed by atoms with E-state index in [0.717, 1.165) is 0 Å². The topological polar surface area (TPSA) is 122 Å². The molecule has 0 unspecified atom stereocenters. The van der Waals surface area contributed by atoms with Crippen LogP contribution in [-0.2, 0) is 38.5 Å². The first kappa shape index (κ1) is 40.5. The predicted octanol–water partition coefficient (Wildman–Crippen LogP) is 3.32. The smallest absolute Gasteiger partial charge is 0.133 e. The summed E-state index contributed by atoms with van der Waals surface area (Å²) in [6, 6.07) is 0. The molecular formula is C29H64N4O8. The van der Waals surface area contributed by atoms with Crippen LogP contribution in [0, 0.1) is 5.41 Å². The molecular weight excluding hydrogens is 532 g/mol. The van der Waals surface area contributed by atoms with Gasteiger partial charge in [-0.1, -0.05) is 0 Å². The summed E-state index contributed by atoms with van der Waals surface area (Å²) in [5.41, 5.74) is -0.950. The Kier molecular flexibility index (Phi) is 20.2. The van der Waals surface area contributed by atoms with Crippen molar-refractivity contribution in [2.75, 3.05) is 79.8 Å². The highest BCUT2D eigenvalue weighted by atomic mass is 17.2. The van der Waals surface area contributed by atoms with Gasteiger partial charge in [0.05, 0.1) is 71.7 Å². The fraction of sp³-hybridized carbons (Fsp3) is 1.00. The lowest BCUT2D eigenvalue weighted by Gasteiger charge is -2.32. The number of ether oxygens (including phenoxy) is 4. The Morgan fingerprint density at radius 1 is 0.341 bits per heavy atom. The van der Waals surface area contributed by atoms with Crippen LogP contribution in [0.4, 0.5) is 0 Å².